The summed E-state index contributed by atoms with van der Waals surface area (Å²) in [5.74, 6) is -0.199. The van der Waals surface area contributed by atoms with Crippen molar-refractivity contribution in [3.63, 3.8) is 0 Å². The van der Waals surface area contributed by atoms with Crippen molar-refractivity contribution in [3.05, 3.63) is 68.3 Å². The normalized spacial score (nSPS) is 11.3. The zero-order chi connectivity index (χ0) is 15.4. The SMILES string of the molecule is C/C(=N/NC(=O)c1ccc(I)cc1)c1ccc(C)cc1C. The van der Waals surface area contributed by atoms with Crippen LogP contribution in [0.2, 0.25) is 0 Å². The molecule has 0 aromatic heterocycles. The summed E-state index contributed by atoms with van der Waals surface area (Å²) in [6, 6.07) is 13.6. The molecule has 0 fully saturated rings. The van der Waals surface area contributed by atoms with Crippen molar-refractivity contribution >= 4 is 34.2 Å². The van der Waals surface area contributed by atoms with Crippen LogP contribution in [0.1, 0.15) is 34.0 Å². The highest BCUT2D eigenvalue weighted by molar-refractivity contribution is 14.1. The number of halogens is 1. The number of rotatable bonds is 3. The number of nitrogens with zero attached hydrogens (tertiary/aromatic N) is 1. The Morgan fingerprint density at radius 2 is 1.76 bits per heavy atom. The molecule has 2 rings (SSSR count). The molecule has 0 aliphatic heterocycles. The van der Waals surface area contributed by atoms with Gasteiger partial charge in [0.2, 0.25) is 0 Å². The molecule has 1 N–H and O–H groups in total. The van der Waals surface area contributed by atoms with E-state index in [4.69, 9.17) is 0 Å². The predicted molar refractivity (Wildman–Crippen MR) is 94.8 cm³/mol. The minimum atomic E-state index is -0.199. The quantitative estimate of drug-likeness (QED) is 0.478. The first-order valence-electron chi connectivity index (χ1n) is 6.65. The van der Waals surface area contributed by atoms with Crippen LogP contribution in [0.25, 0.3) is 0 Å². The standard InChI is InChI=1S/C17H17IN2O/c1-11-4-9-16(12(2)10-11)13(3)19-20-17(21)14-5-7-15(18)8-6-14/h4-10H,1-3H3,(H,20,21)/b19-13-. The van der Waals surface area contributed by atoms with Gasteiger partial charge in [-0.1, -0.05) is 23.8 Å². The van der Waals surface area contributed by atoms with Gasteiger partial charge in [-0.3, -0.25) is 4.79 Å². The van der Waals surface area contributed by atoms with Crippen molar-refractivity contribution in [2.75, 3.05) is 0 Å². The Morgan fingerprint density at radius 1 is 1.10 bits per heavy atom. The third kappa shape index (κ3) is 4.14. The lowest BCUT2D eigenvalue weighted by Crippen LogP contribution is -2.19. The number of benzene rings is 2. The number of hydrazone groups is 1. The first-order chi connectivity index (χ1) is 9.97. The summed E-state index contributed by atoms with van der Waals surface area (Å²) in [6.07, 6.45) is 0. The maximum Gasteiger partial charge on any atom is 0.271 e. The topological polar surface area (TPSA) is 41.5 Å². The van der Waals surface area contributed by atoms with Crippen molar-refractivity contribution in [1.29, 1.82) is 0 Å². The number of hydrogen-bond acceptors (Lipinski definition) is 2. The average Bonchev–Trinajstić information content (AvgIpc) is 2.45. The molecule has 2 aromatic carbocycles. The molecule has 0 radical (unpaired) electrons. The molecular formula is C17H17IN2O. The van der Waals surface area contributed by atoms with E-state index in [0.717, 1.165) is 20.4 Å². The molecule has 0 heterocycles. The van der Waals surface area contributed by atoms with E-state index in [0.29, 0.717) is 5.56 Å². The van der Waals surface area contributed by atoms with Crippen LogP contribution < -0.4 is 5.43 Å². The Hall–Kier alpha value is -1.69. The Balaban J connectivity index is 2.12. The Bertz CT molecular complexity index is 690. The second-order valence-corrected chi connectivity index (χ2v) is 6.21. The van der Waals surface area contributed by atoms with Crippen LogP contribution in [0.15, 0.2) is 47.6 Å². The summed E-state index contributed by atoms with van der Waals surface area (Å²) in [5.41, 5.74) is 7.42. The van der Waals surface area contributed by atoms with Crippen LogP contribution in [0.4, 0.5) is 0 Å². The van der Waals surface area contributed by atoms with Gasteiger partial charge >= 0.3 is 0 Å². The van der Waals surface area contributed by atoms with Gasteiger partial charge in [-0.05, 0) is 73.2 Å². The largest absolute Gasteiger partial charge is 0.271 e. The molecular weight excluding hydrogens is 375 g/mol. The molecule has 21 heavy (non-hydrogen) atoms. The zero-order valence-corrected chi connectivity index (χ0v) is 14.4. The van der Waals surface area contributed by atoms with Crippen molar-refractivity contribution in [2.45, 2.75) is 20.8 Å². The van der Waals surface area contributed by atoms with Crippen molar-refractivity contribution in [2.24, 2.45) is 5.10 Å². The second-order valence-electron chi connectivity index (χ2n) is 4.96. The number of aryl methyl sites for hydroxylation is 2. The van der Waals surface area contributed by atoms with Crippen molar-refractivity contribution < 1.29 is 4.79 Å². The van der Waals surface area contributed by atoms with Gasteiger partial charge in [-0.2, -0.15) is 5.10 Å². The smallest absolute Gasteiger partial charge is 0.267 e. The molecule has 0 bridgehead atoms. The van der Waals surface area contributed by atoms with Gasteiger partial charge < -0.3 is 0 Å². The third-order valence-electron chi connectivity index (χ3n) is 3.20. The van der Waals surface area contributed by atoms with E-state index >= 15 is 0 Å². The van der Waals surface area contributed by atoms with Crippen LogP contribution in [0.3, 0.4) is 0 Å². The van der Waals surface area contributed by atoms with Gasteiger partial charge in [0.1, 0.15) is 0 Å². The van der Waals surface area contributed by atoms with Crippen LogP contribution in [0.5, 0.6) is 0 Å². The maximum absolute atomic E-state index is 12.0. The highest BCUT2D eigenvalue weighted by atomic mass is 127. The number of carbonyl (C=O) groups excluding carboxylic acids is 1. The van der Waals surface area contributed by atoms with Crippen molar-refractivity contribution in [1.82, 2.24) is 5.43 Å². The lowest BCUT2D eigenvalue weighted by molar-refractivity contribution is 0.0955. The minimum Gasteiger partial charge on any atom is -0.267 e. The summed E-state index contributed by atoms with van der Waals surface area (Å²) in [5, 5.41) is 4.20. The number of hydrogen-bond donors (Lipinski definition) is 1. The fourth-order valence-corrected chi connectivity index (χ4v) is 2.44. The molecule has 108 valence electrons. The summed E-state index contributed by atoms with van der Waals surface area (Å²) in [6.45, 7) is 6.00. The first-order valence-corrected chi connectivity index (χ1v) is 7.73. The van der Waals surface area contributed by atoms with Gasteiger partial charge in [0.15, 0.2) is 0 Å². The van der Waals surface area contributed by atoms with Crippen LogP contribution in [-0.2, 0) is 0 Å². The van der Waals surface area contributed by atoms with E-state index < -0.39 is 0 Å². The molecule has 0 saturated carbocycles. The van der Waals surface area contributed by atoms with E-state index in [-0.39, 0.29) is 5.91 Å². The van der Waals surface area contributed by atoms with E-state index in [1.54, 1.807) is 12.1 Å². The van der Waals surface area contributed by atoms with Crippen molar-refractivity contribution in [3.8, 4) is 0 Å². The summed E-state index contributed by atoms with van der Waals surface area (Å²) >= 11 is 2.21. The number of nitrogens with one attached hydrogen (secondary N) is 1. The molecule has 0 aliphatic rings. The van der Waals surface area contributed by atoms with Gasteiger partial charge in [0.05, 0.1) is 5.71 Å². The Morgan fingerprint density at radius 3 is 2.38 bits per heavy atom. The summed E-state index contributed by atoms with van der Waals surface area (Å²) < 4.78 is 1.10. The molecule has 0 atom stereocenters. The zero-order valence-electron chi connectivity index (χ0n) is 12.3. The predicted octanol–water partition coefficient (Wildman–Crippen LogP) is 4.06. The highest BCUT2D eigenvalue weighted by Gasteiger charge is 2.06. The lowest BCUT2D eigenvalue weighted by Gasteiger charge is -2.07. The molecule has 0 aliphatic carbocycles. The van der Waals surface area contributed by atoms with Crippen LogP contribution >= 0.6 is 22.6 Å². The fraction of sp³-hybridized carbons (Fsp3) is 0.176. The Kier molecular flexibility index (Phi) is 5.12. The molecule has 4 heteroatoms. The van der Waals surface area contributed by atoms with Gasteiger partial charge in [0, 0.05) is 14.7 Å². The first kappa shape index (κ1) is 15.7. The number of carbonyl (C=O) groups is 1. The minimum absolute atomic E-state index is 0.199. The van der Waals surface area contributed by atoms with Crippen LogP contribution in [-0.4, -0.2) is 11.6 Å². The molecule has 0 unspecified atom stereocenters. The molecule has 2 aromatic rings. The maximum atomic E-state index is 12.0. The Labute approximate surface area is 138 Å². The average molecular weight is 392 g/mol. The summed E-state index contributed by atoms with van der Waals surface area (Å²) in [4.78, 5) is 12.0. The van der Waals surface area contributed by atoms with Crippen LogP contribution in [0, 0.1) is 17.4 Å². The fourth-order valence-electron chi connectivity index (χ4n) is 2.08. The number of amides is 1. The summed E-state index contributed by atoms with van der Waals surface area (Å²) in [7, 11) is 0. The molecule has 1 amide bonds. The second kappa shape index (κ2) is 6.85. The van der Waals surface area contributed by atoms with E-state index in [2.05, 4.69) is 46.1 Å². The lowest BCUT2D eigenvalue weighted by atomic mass is 10.0. The third-order valence-corrected chi connectivity index (χ3v) is 3.92. The van der Waals surface area contributed by atoms with Gasteiger partial charge in [-0.15, -0.1) is 0 Å². The molecule has 0 spiro atoms. The monoisotopic (exact) mass is 392 g/mol. The van der Waals surface area contributed by atoms with E-state index in [1.165, 1.54) is 5.56 Å². The van der Waals surface area contributed by atoms with E-state index in [1.807, 2.05) is 38.1 Å². The van der Waals surface area contributed by atoms with Gasteiger partial charge in [0.25, 0.3) is 5.91 Å². The molecule has 0 saturated heterocycles. The molecule has 3 nitrogen and oxygen atoms in total. The van der Waals surface area contributed by atoms with E-state index in [9.17, 15) is 4.79 Å². The van der Waals surface area contributed by atoms with Gasteiger partial charge in [-0.25, -0.2) is 5.43 Å². The highest BCUT2D eigenvalue weighted by Crippen LogP contribution is 2.11.